The standard InChI is InChI=1S/C16H26N5P/c1-13(2)17-22(18-14(3)4,19-15(5)21(6)7)20-16-11-9-8-10-12-16/h8-12H,1-7H3. The molecule has 0 N–H and O–H groups in total. The fraction of sp³-hybridized carbons (Fsp3) is 0.438. The van der Waals surface area contributed by atoms with Gasteiger partial charge in [0.2, 0.25) is 0 Å². The van der Waals surface area contributed by atoms with E-state index in [1.165, 1.54) is 0 Å². The summed E-state index contributed by atoms with van der Waals surface area (Å²) >= 11 is 0. The summed E-state index contributed by atoms with van der Waals surface area (Å²) in [5.74, 6) is 0.864. The summed E-state index contributed by atoms with van der Waals surface area (Å²) in [6.45, 7) is 9.77. The van der Waals surface area contributed by atoms with E-state index in [1.807, 2.05) is 83.9 Å². The lowest BCUT2D eigenvalue weighted by atomic mass is 10.3. The van der Waals surface area contributed by atoms with E-state index in [0.717, 1.165) is 22.9 Å². The summed E-state index contributed by atoms with van der Waals surface area (Å²) in [4.78, 5) is 1.95. The summed E-state index contributed by atoms with van der Waals surface area (Å²) in [5.41, 5.74) is 2.70. The van der Waals surface area contributed by atoms with Gasteiger partial charge in [0.15, 0.2) is 0 Å². The maximum Gasteiger partial charge on any atom is 0.306 e. The predicted octanol–water partition coefficient (Wildman–Crippen LogP) is 5.21. The average Bonchev–Trinajstić information content (AvgIpc) is 2.37. The molecule has 0 aromatic heterocycles. The summed E-state index contributed by atoms with van der Waals surface area (Å²) in [6.07, 6.45) is 0. The number of benzene rings is 1. The van der Waals surface area contributed by atoms with E-state index >= 15 is 0 Å². The Kier molecular flexibility index (Phi) is 6.69. The molecule has 0 aliphatic rings. The Balaban J connectivity index is 3.67. The monoisotopic (exact) mass is 319 g/mol. The molecular weight excluding hydrogens is 293 g/mol. The zero-order chi connectivity index (χ0) is 16.8. The van der Waals surface area contributed by atoms with Crippen molar-refractivity contribution in [1.29, 1.82) is 0 Å². The molecule has 6 heteroatoms. The van der Waals surface area contributed by atoms with Crippen molar-refractivity contribution in [2.24, 2.45) is 19.0 Å². The van der Waals surface area contributed by atoms with Gasteiger partial charge >= 0.3 is 7.51 Å². The van der Waals surface area contributed by atoms with Crippen molar-refractivity contribution in [2.45, 2.75) is 34.6 Å². The minimum Gasteiger partial charge on any atom is -0.366 e. The van der Waals surface area contributed by atoms with Gasteiger partial charge < -0.3 is 4.90 Å². The van der Waals surface area contributed by atoms with Gasteiger partial charge in [0.05, 0.1) is 5.69 Å². The average molecular weight is 319 g/mol. The van der Waals surface area contributed by atoms with Gasteiger partial charge in [-0.3, -0.25) is 0 Å². The molecular formula is C16H26N5P. The summed E-state index contributed by atoms with van der Waals surface area (Å²) < 4.78 is 19.1. The van der Waals surface area contributed by atoms with E-state index in [-0.39, 0.29) is 0 Å². The zero-order valence-electron chi connectivity index (χ0n) is 14.6. The molecule has 0 spiro atoms. The second kappa shape index (κ2) is 8.04. The number of rotatable bonds is 4. The van der Waals surface area contributed by atoms with Crippen molar-refractivity contribution in [2.75, 3.05) is 14.1 Å². The summed E-state index contributed by atoms with van der Waals surface area (Å²) in [6, 6.07) is 9.80. The second-order valence-electron chi connectivity index (χ2n) is 5.61. The van der Waals surface area contributed by atoms with Crippen LogP contribution in [0.3, 0.4) is 0 Å². The van der Waals surface area contributed by atoms with Crippen LogP contribution in [-0.2, 0) is 0 Å². The lowest BCUT2D eigenvalue weighted by molar-refractivity contribution is 0.620. The minimum absolute atomic E-state index is 0.848. The third-order valence-electron chi connectivity index (χ3n) is 2.60. The van der Waals surface area contributed by atoms with Crippen LogP contribution < -0.4 is 0 Å². The van der Waals surface area contributed by atoms with Crippen LogP contribution >= 0.6 is 7.51 Å². The highest BCUT2D eigenvalue weighted by atomic mass is 31.2. The fourth-order valence-corrected chi connectivity index (χ4v) is 3.96. The van der Waals surface area contributed by atoms with Crippen LogP contribution in [-0.4, -0.2) is 36.3 Å². The predicted molar refractivity (Wildman–Crippen MR) is 99.8 cm³/mol. The Morgan fingerprint density at radius 1 is 0.818 bits per heavy atom. The molecule has 0 saturated heterocycles. The molecule has 0 bridgehead atoms. The molecule has 5 nitrogen and oxygen atoms in total. The first-order valence-electron chi connectivity index (χ1n) is 7.22. The molecule has 1 aromatic rings. The third-order valence-corrected chi connectivity index (χ3v) is 4.99. The highest BCUT2D eigenvalue weighted by Crippen LogP contribution is 2.57. The van der Waals surface area contributed by atoms with Crippen LogP contribution in [0.5, 0.6) is 0 Å². The van der Waals surface area contributed by atoms with Crippen molar-refractivity contribution in [1.82, 2.24) is 4.90 Å². The van der Waals surface area contributed by atoms with E-state index in [2.05, 4.69) is 0 Å². The molecule has 0 fully saturated rings. The van der Waals surface area contributed by atoms with Crippen molar-refractivity contribution < 1.29 is 0 Å². The number of nitrogens with zero attached hydrogens (tertiary/aromatic N) is 5. The minimum atomic E-state index is -2.59. The molecule has 0 aliphatic heterocycles. The molecule has 1 aromatic carbocycles. The largest absolute Gasteiger partial charge is 0.366 e. The van der Waals surface area contributed by atoms with Crippen LogP contribution in [0.1, 0.15) is 34.6 Å². The Hall–Kier alpha value is -1.74. The van der Waals surface area contributed by atoms with Gasteiger partial charge in [0, 0.05) is 25.5 Å². The zero-order valence-corrected chi connectivity index (χ0v) is 15.5. The molecule has 0 aliphatic carbocycles. The van der Waals surface area contributed by atoms with E-state index in [9.17, 15) is 0 Å². The van der Waals surface area contributed by atoms with Gasteiger partial charge in [-0.05, 0) is 46.8 Å². The summed E-state index contributed by atoms with van der Waals surface area (Å²) in [7, 11) is 1.33. The SMILES string of the molecule is CC(C)=NP(N=C(C)C)(N=C(C)N(C)C)=Nc1ccccc1. The lowest BCUT2D eigenvalue weighted by Gasteiger charge is -2.17. The van der Waals surface area contributed by atoms with Gasteiger partial charge in [0.1, 0.15) is 5.84 Å². The van der Waals surface area contributed by atoms with E-state index in [0.29, 0.717) is 0 Å². The lowest BCUT2D eigenvalue weighted by Crippen LogP contribution is -2.18. The molecule has 0 radical (unpaired) electrons. The molecule has 0 heterocycles. The van der Waals surface area contributed by atoms with Gasteiger partial charge in [0.25, 0.3) is 0 Å². The molecule has 0 atom stereocenters. The number of hydrogen-bond acceptors (Lipinski definition) is 1. The molecule has 120 valence electrons. The topological polar surface area (TPSA) is 52.7 Å². The van der Waals surface area contributed by atoms with E-state index in [1.54, 1.807) is 0 Å². The molecule has 1 rings (SSSR count). The normalized spacial score (nSPS) is 11.7. The smallest absolute Gasteiger partial charge is 0.306 e. The highest BCUT2D eigenvalue weighted by molar-refractivity contribution is 7.63. The molecule has 22 heavy (non-hydrogen) atoms. The van der Waals surface area contributed by atoms with Gasteiger partial charge in [-0.15, -0.1) is 0 Å². The van der Waals surface area contributed by atoms with Crippen molar-refractivity contribution >= 4 is 30.5 Å². The first-order chi connectivity index (χ1) is 10.2. The van der Waals surface area contributed by atoms with Gasteiger partial charge in [-0.2, -0.15) is 4.76 Å². The van der Waals surface area contributed by atoms with Gasteiger partial charge in [-0.1, -0.05) is 18.2 Å². The maximum atomic E-state index is 4.81. The molecule has 0 saturated carbocycles. The van der Waals surface area contributed by atoms with Crippen LogP contribution in [0, 0.1) is 0 Å². The quantitative estimate of drug-likeness (QED) is 0.427. The van der Waals surface area contributed by atoms with Crippen LogP contribution in [0.25, 0.3) is 0 Å². The third kappa shape index (κ3) is 5.94. The Morgan fingerprint density at radius 3 is 1.73 bits per heavy atom. The number of amidine groups is 1. The van der Waals surface area contributed by atoms with Crippen LogP contribution in [0.15, 0.2) is 49.4 Å². The van der Waals surface area contributed by atoms with E-state index in [4.69, 9.17) is 19.0 Å². The van der Waals surface area contributed by atoms with Crippen molar-refractivity contribution in [3.8, 4) is 0 Å². The van der Waals surface area contributed by atoms with Crippen LogP contribution in [0.4, 0.5) is 5.69 Å². The first kappa shape index (κ1) is 18.3. The summed E-state index contributed by atoms with van der Waals surface area (Å²) in [5, 5.41) is 0. The van der Waals surface area contributed by atoms with Crippen molar-refractivity contribution in [3.05, 3.63) is 30.3 Å². The van der Waals surface area contributed by atoms with Crippen LogP contribution in [0.2, 0.25) is 0 Å². The Labute approximate surface area is 134 Å². The van der Waals surface area contributed by atoms with E-state index < -0.39 is 7.51 Å². The first-order valence-corrected chi connectivity index (χ1v) is 8.82. The Morgan fingerprint density at radius 2 is 1.32 bits per heavy atom. The van der Waals surface area contributed by atoms with Crippen molar-refractivity contribution in [3.63, 3.8) is 0 Å². The van der Waals surface area contributed by atoms with Gasteiger partial charge in [-0.25, -0.2) is 14.3 Å². The maximum absolute atomic E-state index is 4.81. The second-order valence-corrected chi connectivity index (χ2v) is 7.48. The molecule has 0 unspecified atom stereocenters. The highest BCUT2D eigenvalue weighted by Gasteiger charge is 2.18. The molecule has 0 amide bonds. The number of hydrogen-bond donors (Lipinski definition) is 0. The fourth-order valence-electron chi connectivity index (χ4n) is 1.60. The Bertz CT molecular complexity index is 612.